The largest absolute Gasteiger partial charge is 0.378 e. The first-order valence-electron chi connectivity index (χ1n) is 7.78. The number of aromatic nitrogens is 4. The Morgan fingerprint density at radius 3 is 2.91 bits per heavy atom. The number of hydrogen-bond acceptors (Lipinski definition) is 6. The molecule has 0 unspecified atom stereocenters. The number of anilines is 3. The van der Waals surface area contributed by atoms with E-state index in [9.17, 15) is 0 Å². The van der Waals surface area contributed by atoms with Crippen LogP contribution < -0.4 is 10.2 Å². The standard InChI is InChI=1S/C15H20N6O/c1-10-16-9-13(21-4-6-22-7-5-21)15(17-10)18-14-8-12(19-20-14)11-2-3-11/h8-9,11H,2-7H2,1H3,(H2,16,17,18,19,20). The lowest BCUT2D eigenvalue weighted by atomic mass is 10.3. The fraction of sp³-hybridized carbons (Fsp3) is 0.533. The van der Waals surface area contributed by atoms with Gasteiger partial charge in [-0.05, 0) is 19.8 Å². The predicted octanol–water partition coefficient (Wildman–Crippen LogP) is 1.97. The van der Waals surface area contributed by atoms with Gasteiger partial charge in [0.2, 0.25) is 0 Å². The lowest BCUT2D eigenvalue weighted by molar-refractivity contribution is 0.122. The number of morpholine rings is 1. The molecule has 0 aromatic carbocycles. The van der Waals surface area contributed by atoms with Crippen LogP contribution in [0, 0.1) is 6.92 Å². The fourth-order valence-corrected chi connectivity index (χ4v) is 2.72. The van der Waals surface area contributed by atoms with Crippen molar-refractivity contribution < 1.29 is 4.74 Å². The van der Waals surface area contributed by atoms with Crippen molar-refractivity contribution >= 4 is 17.3 Å². The minimum Gasteiger partial charge on any atom is -0.378 e. The van der Waals surface area contributed by atoms with Gasteiger partial charge in [-0.3, -0.25) is 5.10 Å². The zero-order valence-corrected chi connectivity index (χ0v) is 12.7. The summed E-state index contributed by atoms with van der Waals surface area (Å²) in [4.78, 5) is 11.1. The molecule has 2 aromatic heterocycles. The average Bonchev–Trinajstić information content (AvgIpc) is 3.29. The minimum absolute atomic E-state index is 0.661. The van der Waals surface area contributed by atoms with Crippen LogP contribution >= 0.6 is 0 Å². The first-order valence-corrected chi connectivity index (χ1v) is 7.78. The van der Waals surface area contributed by atoms with Crippen LogP contribution in [0.3, 0.4) is 0 Å². The lowest BCUT2D eigenvalue weighted by Crippen LogP contribution is -2.36. The summed E-state index contributed by atoms with van der Waals surface area (Å²) in [6, 6.07) is 2.08. The second kappa shape index (κ2) is 5.57. The van der Waals surface area contributed by atoms with Crippen LogP contribution in [0.25, 0.3) is 0 Å². The summed E-state index contributed by atoms with van der Waals surface area (Å²) in [6.45, 7) is 5.08. The van der Waals surface area contributed by atoms with Crippen molar-refractivity contribution in [3.05, 3.63) is 23.8 Å². The summed E-state index contributed by atoms with van der Waals surface area (Å²) >= 11 is 0. The van der Waals surface area contributed by atoms with E-state index in [4.69, 9.17) is 4.74 Å². The number of rotatable bonds is 4. The molecule has 4 rings (SSSR count). The molecule has 7 heteroatoms. The normalized spacial score (nSPS) is 18.5. The van der Waals surface area contributed by atoms with E-state index in [1.54, 1.807) is 0 Å². The molecule has 116 valence electrons. The Kier molecular flexibility index (Phi) is 3.42. The summed E-state index contributed by atoms with van der Waals surface area (Å²) in [6.07, 6.45) is 4.39. The number of ether oxygens (including phenoxy) is 1. The van der Waals surface area contributed by atoms with E-state index in [2.05, 4.69) is 36.4 Å². The van der Waals surface area contributed by atoms with Crippen molar-refractivity contribution in [1.29, 1.82) is 0 Å². The second-order valence-electron chi connectivity index (χ2n) is 5.86. The van der Waals surface area contributed by atoms with E-state index in [0.717, 1.165) is 49.5 Å². The predicted molar refractivity (Wildman–Crippen MR) is 83.6 cm³/mol. The highest BCUT2D eigenvalue weighted by Gasteiger charge is 2.26. The van der Waals surface area contributed by atoms with Gasteiger partial charge in [0, 0.05) is 30.8 Å². The Morgan fingerprint density at radius 2 is 2.14 bits per heavy atom. The van der Waals surface area contributed by atoms with Gasteiger partial charge in [-0.1, -0.05) is 0 Å². The van der Waals surface area contributed by atoms with Crippen LogP contribution in [0.1, 0.15) is 30.3 Å². The lowest BCUT2D eigenvalue weighted by Gasteiger charge is -2.29. The molecule has 0 bridgehead atoms. The molecule has 2 N–H and O–H groups in total. The molecule has 0 radical (unpaired) electrons. The molecule has 2 aliphatic rings. The Bertz CT molecular complexity index is 660. The van der Waals surface area contributed by atoms with E-state index < -0.39 is 0 Å². The molecule has 0 spiro atoms. The molecule has 7 nitrogen and oxygen atoms in total. The smallest absolute Gasteiger partial charge is 0.158 e. The van der Waals surface area contributed by atoms with Crippen LogP contribution in [0.2, 0.25) is 0 Å². The minimum atomic E-state index is 0.661. The van der Waals surface area contributed by atoms with Gasteiger partial charge >= 0.3 is 0 Å². The average molecular weight is 300 g/mol. The summed E-state index contributed by atoms with van der Waals surface area (Å²) in [5, 5.41) is 10.8. The third-order valence-electron chi connectivity index (χ3n) is 4.10. The zero-order valence-electron chi connectivity index (χ0n) is 12.7. The molecule has 1 saturated carbocycles. The zero-order chi connectivity index (χ0) is 14.9. The SMILES string of the molecule is Cc1ncc(N2CCOCC2)c(Nc2cc(C3CC3)[nH]n2)n1. The number of H-pyrrole nitrogens is 1. The van der Waals surface area contributed by atoms with Gasteiger partial charge in [-0.15, -0.1) is 0 Å². The topological polar surface area (TPSA) is 79.0 Å². The number of nitrogens with one attached hydrogen (secondary N) is 2. The van der Waals surface area contributed by atoms with Crippen LogP contribution in [-0.2, 0) is 4.74 Å². The highest BCUT2D eigenvalue weighted by Crippen LogP contribution is 2.39. The number of aryl methyl sites for hydroxylation is 1. The summed E-state index contributed by atoms with van der Waals surface area (Å²) in [5.74, 6) is 3.03. The van der Waals surface area contributed by atoms with Crippen molar-refractivity contribution in [2.24, 2.45) is 0 Å². The van der Waals surface area contributed by atoms with Crippen LogP contribution in [-0.4, -0.2) is 46.5 Å². The number of hydrogen-bond donors (Lipinski definition) is 2. The van der Waals surface area contributed by atoms with Crippen molar-refractivity contribution in [3.8, 4) is 0 Å². The van der Waals surface area contributed by atoms with E-state index in [-0.39, 0.29) is 0 Å². The first kappa shape index (κ1) is 13.5. The summed E-state index contributed by atoms with van der Waals surface area (Å²) < 4.78 is 5.42. The number of aromatic amines is 1. The molecule has 2 aromatic rings. The molecular weight excluding hydrogens is 280 g/mol. The molecular formula is C15H20N6O. The summed E-state index contributed by atoms with van der Waals surface area (Å²) in [7, 11) is 0. The van der Waals surface area contributed by atoms with Gasteiger partial charge in [-0.25, -0.2) is 9.97 Å². The Hall–Kier alpha value is -2.15. The van der Waals surface area contributed by atoms with E-state index in [1.165, 1.54) is 18.5 Å². The highest BCUT2D eigenvalue weighted by molar-refractivity contribution is 5.70. The van der Waals surface area contributed by atoms with Gasteiger partial charge in [0.15, 0.2) is 11.6 Å². The number of nitrogens with zero attached hydrogens (tertiary/aromatic N) is 4. The highest BCUT2D eigenvalue weighted by atomic mass is 16.5. The van der Waals surface area contributed by atoms with Crippen LogP contribution in [0.15, 0.2) is 12.3 Å². The second-order valence-corrected chi connectivity index (χ2v) is 5.86. The molecule has 1 aliphatic carbocycles. The van der Waals surface area contributed by atoms with Gasteiger partial charge in [0.1, 0.15) is 5.82 Å². The van der Waals surface area contributed by atoms with E-state index in [0.29, 0.717) is 5.92 Å². The van der Waals surface area contributed by atoms with Gasteiger partial charge < -0.3 is 15.0 Å². The Labute approximate surface area is 129 Å². The molecule has 3 heterocycles. The molecule has 22 heavy (non-hydrogen) atoms. The molecule has 0 amide bonds. The van der Waals surface area contributed by atoms with E-state index in [1.807, 2.05) is 13.1 Å². The maximum absolute atomic E-state index is 5.42. The van der Waals surface area contributed by atoms with Crippen molar-refractivity contribution in [1.82, 2.24) is 20.2 Å². The van der Waals surface area contributed by atoms with Crippen molar-refractivity contribution in [2.75, 3.05) is 36.5 Å². The van der Waals surface area contributed by atoms with Gasteiger partial charge in [0.25, 0.3) is 0 Å². The molecule has 2 fully saturated rings. The molecule has 1 saturated heterocycles. The first-order chi connectivity index (χ1) is 10.8. The van der Waals surface area contributed by atoms with Crippen molar-refractivity contribution in [3.63, 3.8) is 0 Å². The quantitative estimate of drug-likeness (QED) is 0.898. The monoisotopic (exact) mass is 300 g/mol. The van der Waals surface area contributed by atoms with E-state index >= 15 is 0 Å². The maximum Gasteiger partial charge on any atom is 0.158 e. The fourth-order valence-electron chi connectivity index (χ4n) is 2.72. The third-order valence-corrected chi connectivity index (χ3v) is 4.10. The molecule has 1 aliphatic heterocycles. The Balaban J connectivity index is 1.59. The van der Waals surface area contributed by atoms with Gasteiger partial charge in [0.05, 0.1) is 25.1 Å². The van der Waals surface area contributed by atoms with Crippen LogP contribution in [0.4, 0.5) is 17.3 Å². The molecule has 0 atom stereocenters. The van der Waals surface area contributed by atoms with Gasteiger partial charge in [-0.2, -0.15) is 5.10 Å². The Morgan fingerprint density at radius 1 is 1.32 bits per heavy atom. The summed E-state index contributed by atoms with van der Waals surface area (Å²) in [5.41, 5.74) is 2.21. The van der Waals surface area contributed by atoms with Crippen molar-refractivity contribution in [2.45, 2.75) is 25.7 Å². The van der Waals surface area contributed by atoms with Crippen LogP contribution in [0.5, 0.6) is 0 Å². The third kappa shape index (κ3) is 2.76. The maximum atomic E-state index is 5.42.